The molecule has 1 aromatic carbocycles. The minimum Gasteiger partial charge on any atom is -0.508 e. The molecule has 0 aliphatic rings. The van der Waals surface area contributed by atoms with Crippen LogP contribution < -0.4 is 0 Å². The summed E-state index contributed by atoms with van der Waals surface area (Å²) in [6.45, 7) is 2.06. The van der Waals surface area contributed by atoms with Crippen molar-refractivity contribution in [1.82, 2.24) is 0 Å². The topological polar surface area (TPSA) is 98.0 Å². The highest BCUT2D eigenvalue weighted by Crippen LogP contribution is 2.33. The Morgan fingerprint density at radius 3 is 2.23 bits per heavy atom. The van der Waals surface area contributed by atoms with E-state index in [1.807, 2.05) is 42.5 Å². The molecule has 1 atom stereocenters. The average molecular weight is 427 g/mol. The number of aliphatic hydroxyl groups is 1. The van der Waals surface area contributed by atoms with Gasteiger partial charge in [0.25, 0.3) is 0 Å². The fraction of sp³-hybridized carbons (Fsp3) is 0.346. The molecule has 1 rings (SSSR count). The van der Waals surface area contributed by atoms with Crippen molar-refractivity contribution in [3.63, 3.8) is 0 Å². The van der Waals surface area contributed by atoms with Gasteiger partial charge in [0.2, 0.25) is 0 Å². The molecule has 0 aromatic heterocycles. The molecule has 0 aliphatic carbocycles. The first-order valence-corrected chi connectivity index (χ1v) is 10.7. The Labute approximate surface area is 185 Å². The van der Waals surface area contributed by atoms with Gasteiger partial charge in [-0.2, -0.15) is 0 Å². The lowest BCUT2D eigenvalue weighted by atomic mass is 10.0. The Hall–Kier alpha value is -3.05. The van der Waals surface area contributed by atoms with Crippen LogP contribution in [0.1, 0.15) is 62.2 Å². The zero-order chi connectivity index (χ0) is 22.9. The minimum absolute atomic E-state index is 0.143. The zero-order valence-electron chi connectivity index (χ0n) is 18.2. The second kappa shape index (κ2) is 15.7. The number of allylic oxidation sites excluding steroid dienone is 8. The molecular weight excluding hydrogens is 392 g/mol. The highest BCUT2D eigenvalue weighted by atomic mass is 16.3. The van der Waals surface area contributed by atoms with E-state index in [0.717, 1.165) is 37.8 Å². The maximum absolute atomic E-state index is 12.1. The van der Waals surface area contributed by atoms with Crippen LogP contribution in [-0.2, 0) is 0 Å². The number of carbonyl (C=O) groups is 1. The van der Waals surface area contributed by atoms with Gasteiger partial charge >= 0.3 is 0 Å². The van der Waals surface area contributed by atoms with Crippen LogP contribution in [0.25, 0.3) is 0 Å². The number of phenols is 3. The van der Waals surface area contributed by atoms with Gasteiger partial charge < -0.3 is 20.4 Å². The molecule has 0 spiro atoms. The lowest BCUT2D eigenvalue weighted by molar-refractivity contribution is 0.0975. The fourth-order valence-electron chi connectivity index (χ4n) is 2.78. The van der Waals surface area contributed by atoms with Crippen molar-refractivity contribution >= 4 is 5.78 Å². The second-order valence-corrected chi connectivity index (χ2v) is 7.08. The number of hydrogen-bond acceptors (Lipinski definition) is 5. The molecule has 0 fully saturated rings. The third kappa shape index (κ3) is 11.6. The molecule has 31 heavy (non-hydrogen) atoms. The third-order valence-electron chi connectivity index (χ3n) is 4.37. The highest BCUT2D eigenvalue weighted by molar-refractivity contribution is 6.01. The number of benzene rings is 1. The predicted molar refractivity (Wildman–Crippen MR) is 125 cm³/mol. The van der Waals surface area contributed by atoms with E-state index in [4.69, 9.17) is 0 Å². The van der Waals surface area contributed by atoms with Gasteiger partial charge in [-0.05, 0) is 38.5 Å². The van der Waals surface area contributed by atoms with E-state index in [9.17, 15) is 25.2 Å². The van der Waals surface area contributed by atoms with E-state index in [1.54, 1.807) is 6.08 Å². The molecule has 5 nitrogen and oxygen atoms in total. The molecule has 168 valence electrons. The molecule has 0 saturated heterocycles. The molecule has 0 bridgehead atoms. The van der Waals surface area contributed by atoms with Gasteiger partial charge in [-0.3, -0.25) is 4.79 Å². The average Bonchev–Trinajstić information content (AvgIpc) is 2.70. The predicted octanol–water partition coefficient (Wildman–Crippen LogP) is 5.88. The number of unbranched alkanes of at least 4 members (excludes halogenated alkanes) is 1. The molecule has 0 heterocycles. The Bertz CT molecular complexity index is 792. The Morgan fingerprint density at radius 2 is 1.55 bits per heavy atom. The molecule has 1 unspecified atom stereocenters. The number of carbonyl (C=O) groups excluding carboxylic acids is 1. The first-order chi connectivity index (χ1) is 15.0. The Morgan fingerprint density at radius 1 is 0.903 bits per heavy atom. The lowest BCUT2D eigenvalue weighted by Gasteiger charge is -2.06. The van der Waals surface area contributed by atoms with Crippen LogP contribution in [0.3, 0.4) is 0 Å². The summed E-state index contributed by atoms with van der Waals surface area (Å²) in [6.07, 6.45) is 24.1. The van der Waals surface area contributed by atoms with E-state index < -0.39 is 17.6 Å². The first kappa shape index (κ1) is 26.0. The van der Waals surface area contributed by atoms with Gasteiger partial charge in [0.05, 0.1) is 6.10 Å². The van der Waals surface area contributed by atoms with Crippen molar-refractivity contribution in [3.8, 4) is 17.2 Å². The quantitative estimate of drug-likeness (QED) is 0.129. The molecule has 0 amide bonds. The number of rotatable bonds is 14. The monoisotopic (exact) mass is 426 g/mol. The number of ketones is 1. The molecule has 0 aliphatic heterocycles. The largest absolute Gasteiger partial charge is 0.508 e. The maximum Gasteiger partial charge on any atom is 0.170 e. The number of aromatic hydroxyl groups is 3. The molecule has 1 aromatic rings. The van der Waals surface area contributed by atoms with E-state index in [1.165, 1.54) is 0 Å². The van der Waals surface area contributed by atoms with Gasteiger partial charge in [0.1, 0.15) is 22.8 Å². The van der Waals surface area contributed by atoms with Gasteiger partial charge in [-0.1, -0.05) is 67.7 Å². The van der Waals surface area contributed by atoms with Gasteiger partial charge in [0.15, 0.2) is 5.78 Å². The fourth-order valence-corrected chi connectivity index (χ4v) is 2.78. The van der Waals surface area contributed by atoms with Gasteiger partial charge in [0, 0.05) is 18.6 Å². The first-order valence-electron chi connectivity index (χ1n) is 10.7. The van der Waals surface area contributed by atoms with E-state index in [2.05, 4.69) is 19.1 Å². The number of phenolic OH excluding ortho intramolecular Hbond substituents is 3. The van der Waals surface area contributed by atoms with E-state index in [0.29, 0.717) is 12.8 Å². The third-order valence-corrected chi connectivity index (χ3v) is 4.37. The summed E-state index contributed by atoms with van der Waals surface area (Å²) in [6, 6.07) is 2.08. The van der Waals surface area contributed by atoms with Crippen LogP contribution in [0, 0.1) is 0 Å². The lowest BCUT2D eigenvalue weighted by Crippen LogP contribution is -1.99. The summed E-state index contributed by atoms with van der Waals surface area (Å²) in [5.41, 5.74) is -0.143. The Kier molecular flexibility index (Phi) is 13.2. The van der Waals surface area contributed by atoms with Gasteiger partial charge in [-0.15, -0.1) is 0 Å². The van der Waals surface area contributed by atoms with Crippen LogP contribution in [0.5, 0.6) is 17.2 Å². The highest BCUT2D eigenvalue weighted by Gasteiger charge is 2.16. The maximum atomic E-state index is 12.1. The van der Waals surface area contributed by atoms with Crippen LogP contribution in [0.15, 0.2) is 72.9 Å². The smallest absolute Gasteiger partial charge is 0.170 e. The van der Waals surface area contributed by atoms with Gasteiger partial charge in [-0.25, -0.2) is 0 Å². The number of Topliss-reactive ketones (excluding diaryl/α,β-unsaturated/α-hetero) is 1. The van der Waals surface area contributed by atoms with Crippen LogP contribution >= 0.6 is 0 Å². The zero-order valence-corrected chi connectivity index (χ0v) is 18.2. The summed E-state index contributed by atoms with van der Waals surface area (Å²) < 4.78 is 0. The van der Waals surface area contributed by atoms with E-state index in [-0.39, 0.29) is 23.5 Å². The molecular formula is C26H34O5. The van der Waals surface area contributed by atoms with Crippen molar-refractivity contribution in [2.75, 3.05) is 0 Å². The molecule has 0 saturated carbocycles. The summed E-state index contributed by atoms with van der Waals surface area (Å²) in [5.74, 6) is -1.46. The van der Waals surface area contributed by atoms with Crippen molar-refractivity contribution in [1.29, 1.82) is 0 Å². The van der Waals surface area contributed by atoms with Crippen LogP contribution in [0.2, 0.25) is 0 Å². The normalized spacial score (nSPS) is 13.5. The Balaban J connectivity index is 2.18. The summed E-state index contributed by atoms with van der Waals surface area (Å²) in [4.78, 5) is 12.1. The van der Waals surface area contributed by atoms with Crippen LogP contribution in [-0.4, -0.2) is 32.3 Å². The molecule has 4 N–H and O–H groups in total. The van der Waals surface area contributed by atoms with Crippen LogP contribution in [0.4, 0.5) is 0 Å². The van der Waals surface area contributed by atoms with Crippen molar-refractivity contribution in [2.45, 2.75) is 58.0 Å². The summed E-state index contributed by atoms with van der Waals surface area (Å²) >= 11 is 0. The second-order valence-electron chi connectivity index (χ2n) is 7.08. The number of aliphatic hydroxyl groups excluding tert-OH is 1. The molecule has 5 heteroatoms. The summed E-state index contributed by atoms with van der Waals surface area (Å²) in [5, 5.41) is 38.4. The molecule has 0 radical (unpaired) electrons. The SMILES string of the molecule is CC/C=C\CC(O)/C=C/C=C\C/C=C\C/C=C\CCCC(=O)c1c(O)cc(O)cc1O. The van der Waals surface area contributed by atoms with Crippen molar-refractivity contribution in [2.24, 2.45) is 0 Å². The van der Waals surface area contributed by atoms with Crippen molar-refractivity contribution < 1.29 is 25.2 Å². The standard InChI is InChI=1S/C26H34O5/c1-2-3-13-16-21(27)17-14-11-9-7-5-4-6-8-10-12-15-18-23(29)26-24(30)19-22(28)20-25(26)31/h3-5,8-11,13-14,17,19-21,27-28,30-31H,2,6-7,12,15-16,18H2,1H3/b5-4-,10-8-,11-9-,13-3-,17-14+. The van der Waals surface area contributed by atoms with Crippen molar-refractivity contribution in [3.05, 3.63) is 78.5 Å². The minimum atomic E-state index is -0.444. The summed E-state index contributed by atoms with van der Waals surface area (Å²) in [7, 11) is 0. The van der Waals surface area contributed by atoms with E-state index >= 15 is 0 Å². The number of hydrogen-bond donors (Lipinski definition) is 4.